The number of carbonyl (C=O) groups is 2. The van der Waals surface area contributed by atoms with E-state index in [9.17, 15) is 9.59 Å². The van der Waals surface area contributed by atoms with Crippen LogP contribution >= 0.6 is 0 Å². The second-order valence-corrected chi connectivity index (χ2v) is 8.85. The van der Waals surface area contributed by atoms with E-state index in [0.717, 1.165) is 19.3 Å². The van der Waals surface area contributed by atoms with E-state index in [0.29, 0.717) is 6.42 Å². The first kappa shape index (κ1) is 20.8. The van der Waals surface area contributed by atoms with Gasteiger partial charge in [0.25, 0.3) is 0 Å². The molecule has 1 saturated carbocycles. The number of ether oxygens (including phenoxy) is 2. The van der Waals surface area contributed by atoms with Crippen molar-refractivity contribution in [1.29, 1.82) is 0 Å². The van der Waals surface area contributed by atoms with Gasteiger partial charge in [-0.1, -0.05) is 32.6 Å². The molecule has 0 aliphatic heterocycles. The third kappa shape index (κ3) is 6.70. The van der Waals surface area contributed by atoms with Crippen LogP contribution in [-0.2, 0) is 14.3 Å². The van der Waals surface area contributed by atoms with E-state index in [4.69, 9.17) is 9.47 Å². The number of hydrogen-bond acceptors (Lipinski definition) is 4. The summed E-state index contributed by atoms with van der Waals surface area (Å²) in [5.41, 5.74) is -2.08. The molecule has 0 heterocycles. The molecule has 0 radical (unpaired) electrons. The molecule has 5 heteroatoms. The highest BCUT2D eigenvalue weighted by molar-refractivity contribution is 5.90. The lowest BCUT2D eigenvalue weighted by Crippen LogP contribution is -2.49. The number of nitrogens with one attached hydrogen (secondary N) is 1. The Labute approximate surface area is 146 Å². The standard InChI is InChI=1S/C19H35NO4/c1-8-9-10-11-12-14-13-19(14,15(21)23-17(2,3)4)20-16(22)24-18(5,6)7/h14H,8-13H2,1-7H3,(H,20,22)/t14-,19-/m0/s1. The van der Waals surface area contributed by atoms with Crippen LogP contribution in [0.2, 0.25) is 0 Å². The molecule has 5 nitrogen and oxygen atoms in total. The van der Waals surface area contributed by atoms with Crippen molar-refractivity contribution in [1.82, 2.24) is 5.32 Å². The maximum atomic E-state index is 12.7. The van der Waals surface area contributed by atoms with Crippen LogP contribution in [0.3, 0.4) is 0 Å². The van der Waals surface area contributed by atoms with Gasteiger partial charge in [0, 0.05) is 0 Å². The summed E-state index contributed by atoms with van der Waals surface area (Å²) < 4.78 is 10.9. The van der Waals surface area contributed by atoms with Crippen LogP contribution in [0, 0.1) is 5.92 Å². The number of alkyl carbamates (subject to hydrolysis) is 1. The molecule has 1 aliphatic carbocycles. The van der Waals surface area contributed by atoms with Crippen LogP contribution in [0.15, 0.2) is 0 Å². The largest absolute Gasteiger partial charge is 0.458 e. The van der Waals surface area contributed by atoms with Crippen LogP contribution in [0.1, 0.15) is 87.0 Å². The van der Waals surface area contributed by atoms with Crippen molar-refractivity contribution in [3.05, 3.63) is 0 Å². The van der Waals surface area contributed by atoms with Crippen LogP contribution < -0.4 is 5.32 Å². The van der Waals surface area contributed by atoms with Crippen LogP contribution in [-0.4, -0.2) is 28.8 Å². The van der Waals surface area contributed by atoms with E-state index in [-0.39, 0.29) is 11.9 Å². The monoisotopic (exact) mass is 341 g/mol. The third-order valence-corrected chi connectivity index (χ3v) is 4.00. The average Bonchev–Trinajstić information content (AvgIpc) is 3.04. The average molecular weight is 341 g/mol. The second-order valence-electron chi connectivity index (χ2n) is 8.85. The molecule has 1 amide bonds. The quantitative estimate of drug-likeness (QED) is 0.544. The molecule has 24 heavy (non-hydrogen) atoms. The molecule has 2 atom stereocenters. The van der Waals surface area contributed by atoms with Gasteiger partial charge in [-0.3, -0.25) is 0 Å². The second kappa shape index (κ2) is 7.75. The van der Waals surface area contributed by atoms with E-state index in [1.54, 1.807) is 0 Å². The Morgan fingerprint density at radius 2 is 1.58 bits per heavy atom. The summed E-state index contributed by atoms with van der Waals surface area (Å²) >= 11 is 0. The smallest absolute Gasteiger partial charge is 0.408 e. The van der Waals surface area contributed by atoms with Gasteiger partial charge in [-0.15, -0.1) is 0 Å². The first-order chi connectivity index (χ1) is 10.9. The van der Waals surface area contributed by atoms with Gasteiger partial charge in [-0.2, -0.15) is 0 Å². The van der Waals surface area contributed by atoms with Gasteiger partial charge in [0.15, 0.2) is 0 Å². The van der Waals surface area contributed by atoms with Gasteiger partial charge in [0.1, 0.15) is 16.7 Å². The number of unbranched alkanes of at least 4 members (excludes halogenated alkanes) is 3. The van der Waals surface area contributed by atoms with Crippen molar-refractivity contribution in [2.45, 2.75) is 104 Å². The molecular formula is C19H35NO4. The van der Waals surface area contributed by atoms with Gasteiger partial charge < -0.3 is 14.8 Å². The van der Waals surface area contributed by atoms with Crippen molar-refractivity contribution in [2.75, 3.05) is 0 Å². The summed E-state index contributed by atoms with van der Waals surface area (Å²) in [5.74, 6) is -0.210. The summed E-state index contributed by atoms with van der Waals surface area (Å²) in [7, 11) is 0. The Hall–Kier alpha value is -1.26. The lowest BCUT2D eigenvalue weighted by atomic mass is 10.1. The SMILES string of the molecule is CCCCCC[C@H]1C[C@@]1(NC(=O)OC(C)(C)C)C(=O)OC(C)(C)C. The predicted molar refractivity (Wildman–Crippen MR) is 94.8 cm³/mol. The minimum absolute atomic E-state index is 0.136. The lowest BCUT2D eigenvalue weighted by molar-refractivity contribution is -0.159. The fourth-order valence-electron chi connectivity index (χ4n) is 2.80. The Bertz CT molecular complexity index is 447. The normalized spacial score (nSPS) is 23.5. The Morgan fingerprint density at radius 1 is 1.00 bits per heavy atom. The van der Waals surface area contributed by atoms with Crippen molar-refractivity contribution < 1.29 is 19.1 Å². The third-order valence-electron chi connectivity index (χ3n) is 4.00. The fraction of sp³-hybridized carbons (Fsp3) is 0.895. The van der Waals surface area contributed by atoms with Crippen LogP contribution in [0.25, 0.3) is 0 Å². The lowest BCUT2D eigenvalue weighted by Gasteiger charge is -2.27. The van der Waals surface area contributed by atoms with Crippen molar-refractivity contribution in [3.8, 4) is 0 Å². The Kier molecular flexibility index (Phi) is 6.71. The van der Waals surface area contributed by atoms with Gasteiger partial charge in [-0.05, 0) is 60.3 Å². The summed E-state index contributed by atoms with van der Waals surface area (Å²) in [6.07, 6.45) is 5.61. The number of carbonyl (C=O) groups excluding carboxylic acids is 2. The molecule has 1 rings (SSSR count). The molecule has 0 saturated heterocycles. The minimum atomic E-state index is -0.915. The van der Waals surface area contributed by atoms with Crippen molar-refractivity contribution >= 4 is 12.1 Å². The minimum Gasteiger partial charge on any atom is -0.458 e. The zero-order valence-electron chi connectivity index (χ0n) is 16.5. The Morgan fingerprint density at radius 3 is 2.08 bits per heavy atom. The number of hydrogen-bond donors (Lipinski definition) is 1. The van der Waals surface area contributed by atoms with E-state index in [2.05, 4.69) is 12.2 Å². The zero-order valence-corrected chi connectivity index (χ0v) is 16.5. The van der Waals surface area contributed by atoms with Gasteiger partial charge in [0.2, 0.25) is 0 Å². The molecular weight excluding hydrogens is 306 g/mol. The van der Waals surface area contributed by atoms with E-state index >= 15 is 0 Å². The Balaban J connectivity index is 2.71. The summed E-state index contributed by atoms with van der Waals surface area (Å²) in [6, 6.07) is 0. The molecule has 0 aromatic heterocycles. The van der Waals surface area contributed by atoms with Crippen molar-refractivity contribution in [2.24, 2.45) is 5.92 Å². The van der Waals surface area contributed by atoms with E-state index in [1.807, 2.05) is 41.5 Å². The van der Waals surface area contributed by atoms with Crippen LogP contribution in [0.5, 0.6) is 0 Å². The maximum absolute atomic E-state index is 12.7. The van der Waals surface area contributed by atoms with Gasteiger partial charge in [-0.25, -0.2) is 9.59 Å². The summed E-state index contributed by atoms with van der Waals surface area (Å²) in [6.45, 7) is 13.1. The molecule has 0 bridgehead atoms. The van der Waals surface area contributed by atoms with Crippen molar-refractivity contribution in [3.63, 3.8) is 0 Å². The number of esters is 1. The van der Waals surface area contributed by atoms with Crippen LogP contribution in [0.4, 0.5) is 4.79 Å². The highest BCUT2D eigenvalue weighted by Gasteiger charge is 2.62. The molecule has 0 aromatic rings. The molecule has 0 spiro atoms. The molecule has 0 unspecified atom stereocenters. The zero-order chi connectivity index (χ0) is 18.6. The highest BCUT2D eigenvalue weighted by Crippen LogP contribution is 2.48. The highest BCUT2D eigenvalue weighted by atomic mass is 16.6. The summed E-state index contributed by atoms with van der Waals surface area (Å²) in [5, 5.41) is 2.80. The summed E-state index contributed by atoms with van der Waals surface area (Å²) in [4.78, 5) is 24.8. The molecule has 0 aromatic carbocycles. The van der Waals surface area contributed by atoms with E-state index in [1.165, 1.54) is 12.8 Å². The first-order valence-corrected chi connectivity index (χ1v) is 9.14. The molecule has 140 valence electrons. The maximum Gasteiger partial charge on any atom is 0.408 e. The number of rotatable bonds is 7. The topological polar surface area (TPSA) is 64.6 Å². The first-order valence-electron chi connectivity index (χ1n) is 9.14. The van der Waals surface area contributed by atoms with E-state index < -0.39 is 22.8 Å². The van der Waals surface area contributed by atoms with Gasteiger partial charge in [0.05, 0.1) is 0 Å². The molecule has 1 fully saturated rings. The van der Waals surface area contributed by atoms with Gasteiger partial charge >= 0.3 is 12.1 Å². The molecule has 1 aliphatic rings. The molecule has 1 N–H and O–H groups in total. The predicted octanol–water partition coefficient (Wildman–Crippen LogP) is 4.58. The number of amides is 1. The fourth-order valence-corrected chi connectivity index (χ4v) is 2.80.